The molecule has 1 aromatic heterocycles. The molecule has 1 fully saturated rings. The molecule has 1 amide bonds. The standard InChI is InChI=1S/C29H36N6O3S/c1-21-15-27(35-13-11-34(12-14-35)18-22-7-8-25-26(17-22)38-20-37-25)32-29(31-21)39-19-23-5-4-6-24(16-23)28(36)30-9-10-33(2)3/h4-8,15-17H,9-14,18-20H2,1-3H3,(H,30,36). The first kappa shape index (κ1) is 27.2. The fourth-order valence-electron chi connectivity index (χ4n) is 4.63. The number of hydrogen-bond donors (Lipinski definition) is 1. The summed E-state index contributed by atoms with van der Waals surface area (Å²) in [5.41, 5.74) is 3.94. The molecule has 0 unspecified atom stereocenters. The van der Waals surface area contributed by atoms with Crippen LogP contribution in [0.3, 0.4) is 0 Å². The minimum atomic E-state index is -0.0459. The van der Waals surface area contributed by atoms with Crippen molar-refractivity contribution in [2.45, 2.75) is 24.4 Å². The lowest BCUT2D eigenvalue weighted by atomic mass is 10.1. The highest BCUT2D eigenvalue weighted by atomic mass is 32.2. The molecule has 9 nitrogen and oxygen atoms in total. The van der Waals surface area contributed by atoms with Gasteiger partial charge in [0.1, 0.15) is 5.82 Å². The van der Waals surface area contributed by atoms with E-state index in [9.17, 15) is 4.79 Å². The molecule has 2 aliphatic heterocycles. The zero-order chi connectivity index (χ0) is 27.2. The SMILES string of the molecule is Cc1cc(N2CCN(Cc3ccc4c(c3)OCO4)CC2)nc(SCc2cccc(C(=O)NCCN(C)C)c2)n1. The van der Waals surface area contributed by atoms with Crippen LogP contribution in [0.2, 0.25) is 0 Å². The number of fused-ring (bicyclic) bond motifs is 1. The Morgan fingerprint density at radius 1 is 1.00 bits per heavy atom. The molecule has 3 heterocycles. The number of rotatable bonds is 10. The number of thioether (sulfide) groups is 1. The monoisotopic (exact) mass is 548 g/mol. The van der Waals surface area contributed by atoms with Crippen LogP contribution in [0.25, 0.3) is 0 Å². The van der Waals surface area contributed by atoms with Crippen LogP contribution in [-0.2, 0) is 12.3 Å². The zero-order valence-corrected chi connectivity index (χ0v) is 23.7. The molecule has 3 aromatic rings. The second-order valence-electron chi connectivity index (χ2n) is 10.1. The first-order valence-electron chi connectivity index (χ1n) is 13.3. The summed E-state index contributed by atoms with van der Waals surface area (Å²) in [5.74, 6) is 3.29. The summed E-state index contributed by atoms with van der Waals surface area (Å²) in [4.78, 5) is 28.9. The minimum absolute atomic E-state index is 0.0459. The van der Waals surface area contributed by atoms with Crippen molar-refractivity contribution in [2.24, 2.45) is 0 Å². The molecule has 0 bridgehead atoms. The van der Waals surface area contributed by atoms with Crippen LogP contribution in [0, 0.1) is 6.92 Å². The van der Waals surface area contributed by atoms with E-state index in [1.807, 2.05) is 56.3 Å². The summed E-state index contributed by atoms with van der Waals surface area (Å²) in [6.45, 7) is 8.39. The number of hydrogen-bond acceptors (Lipinski definition) is 9. The quantitative estimate of drug-likeness (QED) is 0.303. The maximum atomic E-state index is 12.5. The van der Waals surface area contributed by atoms with Crippen molar-refractivity contribution >= 4 is 23.5 Å². The summed E-state index contributed by atoms with van der Waals surface area (Å²) in [6.07, 6.45) is 0. The van der Waals surface area contributed by atoms with Gasteiger partial charge in [-0.25, -0.2) is 9.97 Å². The number of aromatic nitrogens is 2. The molecule has 0 atom stereocenters. The summed E-state index contributed by atoms with van der Waals surface area (Å²) in [5, 5.41) is 3.74. The number of nitrogens with one attached hydrogen (secondary N) is 1. The molecular formula is C29H36N6O3S. The number of nitrogens with zero attached hydrogens (tertiary/aromatic N) is 5. The van der Waals surface area contributed by atoms with E-state index in [0.717, 1.165) is 73.0 Å². The van der Waals surface area contributed by atoms with E-state index < -0.39 is 0 Å². The van der Waals surface area contributed by atoms with E-state index >= 15 is 0 Å². The normalized spacial score (nSPS) is 15.1. The van der Waals surface area contributed by atoms with E-state index in [4.69, 9.17) is 14.5 Å². The molecule has 1 N–H and O–H groups in total. The maximum absolute atomic E-state index is 12.5. The Hall–Kier alpha value is -3.34. The minimum Gasteiger partial charge on any atom is -0.454 e. The number of benzene rings is 2. The maximum Gasteiger partial charge on any atom is 0.251 e. The van der Waals surface area contributed by atoms with E-state index in [2.05, 4.69) is 38.3 Å². The van der Waals surface area contributed by atoms with E-state index in [-0.39, 0.29) is 5.91 Å². The number of piperazine rings is 1. The van der Waals surface area contributed by atoms with Crippen LogP contribution in [0.15, 0.2) is 53.7 Å². The Morgan fingerprint density at radius 3 is 2.64 bits per heavy atom. The van der Waals surface area contributed by atoms with Crippen LogP contribution < -0.4 is 19.7 Å². The van der Waals surface area contributed by atoms with Crippen molar-refractivity contribution in [1.29, 1.82) is 0 Å². The van der Waals surface area contributed by atoms with Crippen LogP contribution in [0.4, 0.5) is 5.82 Å². The highest BCUT2D eigenvalue weighted by Crippen LogP contribution is 2.33. The van der Waals surface area contributed by atoms with Gasteiger partial charge in [-0.05, 0) is 56.4 Å². The summed E-state index contributed by atoms with van der Waals surface area (Å²) in [6, 6.07) is 16.0. The van der Waals surface area contributed by atoms with Gasteiger partial charge >= 0.3 is 0 Å². The molecule has 39 heavy (non-hydrogen) atoms. The first-order valence-corrected chi connectivity index (χ1v) is 14.3. The van der Waals surface area contributed by atoms with Gasteiger partial charge in [-0.1, -0.05) is 30.0 Å². The van der Waals surface area contributed by atoms with Gasteiger partial charge in [-0.3, -0.25) is 9.69 Å². The van der Waals surface area contributed by atoms with Gasteiger partial charge in [0.2, 0.25) is 6.79 Å². The van der Waals surface area contributed by atoms with Gasteiger partial charge in [-0.2, -0.15) is 0 Å². The summed E-state index contributed by atoms with van der Waals surface area (Å²) in [7, 11) is 3.98. The Kier molecular flexibility index (Phi) is 8.85. The topological polar surface area (TPSA) is 83.1 Å². The molecule has 2 aliphatic rings. The van der Waals surface area contributed by atoms with Crippen molar-refractivity contribution in [2.75, 3.05) is 65.1 Å². The smallest absolute Gasteiger partial charge is 0.251 e. The number of likely N-dealkylation sites (N-methyl/N-ethyl adjacent to an activating group) is 1. The molecule has 206 valence electrons. The van der Waals surface area contributed by atoms with Crippen LogP contribution in [-0.4, -0.2) is 85.8 Å². The third-order valence-electron chi connectivity index (χ3n) is 6.76. The number of carbonyl (C=O) groups excluding carboxylic acids is 1. The van der Waals surface area contributed by atoms with E-state index in [1.54, 1.807) is 11.8 Å². The first-order chi connectivity index (χ1) is 18.9. The second kappa shape index (κ2) is 12.7. The third kappa shape index (κ3) is 7.40. The fraction of sp³-hybridized carbons (Fsp3) is 0.414. The summed E-state index contributed by atoms with van der Waals surface area (Å²) < 4.78 is 11.0. The van der Waals surface area contributed by atoms with E-state index in [0.29, 0.717) is 24.7 Å². The van der Waals surface area contributed by atoms with Crippen molar-refractivity contribution in [3.63, 3.8) is 0 Å². The molecule has 10 heteroatoms. The van der Waals surface area contributed by atoms with Gasteiger partial charge in [0, 0.05) is 68.9 Å². The zero-order valence-electron chi connectivity index (χ0n) is 22.9. The van der Waals surface area contributed by atoms with Gasteiger partial charge in [-0.15, -0.1) is 0 Å². The van der Waals surface area contributed by atoms with Crippen molar-refractivity contribution in [3.05, 3.63) is 70.9 Å². The molecule has 0 aliphatic carbocycles. The molecule has 0 spiro atoms. The number of ether oxygens (including phenoxy) is 2. The highest BCUT2D eigenvalue weighted by Gasteiger charge is 2.21. The van der Waals surface area contributed by atoms with Crippen molar-refractivity contribution < 1.29 is 14.3 Å². The average molecular weight is 549 g/mol. The number of amides is 1. The Morgan fingerprint density at radius 2 is 1.82 bits per heavy atom. The van der Waals surface area contributed by atoms with Crippen molar-refractivity contribution in [3.8, 4) is 11.5 Å². The predicted octanol–water partition coefficient (Wildman–Crippen LogP) is 3.42. The number of anilines is 1. The average Bonchev–Trinajstić information content (AvgIpc) is 3.40. The van der Waals surface area contributed by atoms with Gasteiger partial charge in [0.15, 0.2) is 16.7 Å². The van der Waals surface area contributed by atoms with Gasteiger partial charge in [0.05, 0.1) is 0 Å². The lowest BCUT2D eigenvalue weighted by Crippen LogP contribution is -2.46. The molecular weight excluding hydrogens is 512 g/mol. The van der Waals surface area contributed by atoms with Gasteiger partial charge < -0.3 is 24.6 Å². The Labute approximate surface area is 234 Å². The predicted molar refractivity (Wildman–Crippen MR) is 154 cm³/mol. The van der Waals surface area contributed by atoms with Crippen LogP contribution in [0.5, 0.6) is 11.5 Å². The summed E-state index contributed by atoms with van der Waals surface area (Å²) >= 11 is 1.60. The number of carbonyl (C=O) groups is 1. The van der Waals surface area contributed by atoms with Crippen LogP contribution >= 0.6 is 11.8 Å². The Balaban J connectivity index is 1.14. The van der Waals surface area contributed by atoms with Crippen molar-refractivity contribution in [1.82, 2.24) is 25.1 Å². The molecule has 2 aromatic carbocycles. The second-order valence-corrected chi connectivity index (χ2v) is 11.1. The lowest BCUT2D eigenvalue weighted by molar-refractivity contribution is 0.0951. The molecule has 5 rings (SSSR count). The molecule has 0 saturated carbocycles. The largest absolute Gasteiger partial charge is 0.454 e. The molecule has 0 radical (unpaired) electrons. The van der Waals surface area contributed by atoms with E-state index in [1.165, 1.54) is 5.56 Å². The molecule has 1 saturated heterocycles. The van der Waals surface area contributed by atoms with Crippen LogP contribution in [0.1, 0.15) is 27.2 Å². The highest BCUT2D eigenvalue weighted by molar-refractivity contribution is 7.98. The fourth-order valence-corrected chi connectivity index (χ4v) is 5.47. The Bertz CT molecular complexity index is 1300. The number of aryl methyl sites for hydroxylation is 1. The van der Waals surface area contributed by atoms with Gasteiger partial charge in [0.25, 0.3) is 5.91 Å². The lowest BCUT2D eigenvalue weighted by Gasteiger charge is -2.35. The third-order valence-corrected chi connectivity index (χ3v) is 7.68.